The molecule has 0 saturated heterocycles. The SMILES string of the molecule is COC(=O)CSCc1cc(C(C)(C)C)c(OC(=O)OC(C)(C)C)c(C(C)(C)C)c1. The van der Waals surface area contributed by atoms with Crippen molar-refractivity contribution < 1.29 is 23.8 Å². The lowest BCUT2D eigenvalue weighted by molar-refractivity contribution is -0.137. The molecule has 0 aliphatic rings. The molecule has 5 nitrogen and oxygen atoms in total. The number of methoxy groups -OCH3 is 1. The summed E-state index contributed by atoms with van der Waals surface area (Å²) in [5, 5.41) is 0. The first-order chi connectivity index (χ1) is 13.0. The Hall–Kier alpha value is -1.69. The Morgan fingerprint density at radius 1 is 0.897 bits per heavy atom. The highest BCUT2D eigenvalue weighted by Gasteiger charge is 2.30. The molecular formula is C23H36O5S. The second-order valence-corrected chi connectivity index (χ2v) is 11.1. The van der Waals surface area contributed by atoms with Gasteiger partial charge in [0.05, 0.1) is 12.9 Å². The van der Waals surface area contributed by atoms with Crippen LogP contribution in [-0.4, -0.2) is 30.6 Å². The maximum absolute atomic E-state index is 12.5. The minimum atomic E-state index is -0.707. The van der Waals surface area contributed by atoms with Gasteiger partial charge in [-0.15, -0.1) is 11.8 Å². The van der Waals surface area contributed by atoms with Crippen molar-refractivity contribution in [1.82, 2.24) is 0 Å². The molecule has 1 rings (SSSR count). The van der Waals surface area contributed by atoms with E-state index in [1.165, 1.54) is 18.9 Å². The molecule has 1 aromatic rings. The molecule has 0 aromatic heterocycles. The fourth-order valence-electron chi connectivity index (χ4n) is 2.66. The summed E-state index contributed by atoms with van der Waals surface area (Å²) in [6.07, 6.45) is -0.707. The van der Waals surface area contributed by atoms with Gasteiger partial charge in [0.15, 0.2) is 0 Å². The van der Waals surface area contributed by atoms with Crippen molar-refractivity contribution in [2.45, 2.75) is 84.5 Å². The zero-order chi connectivity index (χ0) is 22.6. The second-order valence-electron chi connectivity index (χ2n) is 10.2. The smallest absolute Gasteiger partial charge is 0.468 e. The summed E-state index contributed by atoms with van der Waals surface area (Å²) < 4.78 is 15.9. The van der Waals surface area contributed by atoms with Crippen LogP contribution in [0.5, 0.6) is 5.75 Å². The van der Waals surface area contributed by atoms with Gasteiger partial charge in [-0.2, -0.15) is 0 Å². The van der Waals surface area contributed by atoms with Crippen LogP contribution in [0.4, 0.5) is 4.79 Å². The first-order valence-electron chi connectivity index (χ1n) is 9.78. The zero-order valence-corrected chi connectivity index (χ0v) is 20.3. The largest absolute Gasteiger partial charge is 0.514 e. The number of rotatable bonds is 5. The highest BCUT2D eigenvalue weighted by atomic mass is 32.2. The maximum atomic E-state index is 12.5. The molecule has 0 saturated carbocycles. The minimum Gasteiger partial charge on any atom is -0.468 e. The van der Waals surface area contributed by atoms with Gasteiger partial charge >= 0.3 is 12.1 Å². The predicted octanol–water partition coefficient (Wildman–Crippen LogP) is 6.00. The van der Waals surface area contributed by atoms with Crippen molar-refractivity contribution in [3.05, 3.63) is 28.8 Å². The van der Waals surface area contributed by atoms with Gasteiger partial charge < -0.3 is 14.2 Å². The zero-order valence-electron chi connectivity index (χ0n) is 19.5. The number of hydrogen-bond acceptors (Lipinski definition) is 6. The number of ether oxygens (including phenoxy) is 3. The fraction of sp³-hybridized carbons (Fsp3) is 0.652. The van der Waals surface area contributed by atoms with Gasteiger partial charge in [0.25, 0.3) is 0 Å². The Bertz CT molecular complexity index is 698. The molecule has 0 fully saturated rings. The highest BCUT2D eigenvalue weighted by molar-refractivity contribution is 7.99. The number of esters is 1. The van der Waals surface area contributed by atoms with Crippen molar-refractivity contribution in [3.8, 4) is 5.75 Å². The molecule has 0 atom stereocenters. The van der Waals surface area contributed by atoms with Crippen LogP contribution in [0.1, 0.15) is 79.0 Å². The van der Waals surface area contributed by atoms with Gasteiger partial charge in [-0.3, -0.25) is 4.79 Å². The molecule has 0 amide bonds. The van der Waals surface area contributed by atoms with Crippen molar-refractivity contribution in [1.29, 1.82) is 0 Å². The second kappa shape index (κ2) is 9.41. The van der Waals surface area contributed by atoms with E-state index in [1.807, 2.05) is 20.8 Å². The number of carbonyl (C=O) groups is 2. The van der Waals surface area contributed by atoms with Crippen LogP contribution >= 0.6 is 11.8 Å². The molecule has 1 aromatic carbocycles. The number of thioether (sulfide) groups is 1. The summed E-state index contributed by atoms with van der Waals surface area (Å²) >= 11 is 1.50. The number of hydrogen-bond donors (Lipinski definition) is 0. The summed E-state index contributed by atoms with van der Waals surface area (Å²) in [6, 6.07) is 4.11. The molecule has 0 N–H and O–H groups in total. The first kappa shape index (κ1) is 25.3. The van der Waals surface area contributed by atoms with Crippen LogP contribution in [0, 0.1) is 0 Å². The molecule has 0 heterocycles. The van der Waals surface area contributed by atoms with E-state index in [4.69, 9.17) is 14.2 Å². The molecule has 0 aliphatic heterocycles. The number of benzene rings is 1. The number of carbonyl (C=O) groups excluding carboxylic acids is 2. The molecule has 29 heavy (non-hydrogen) atoms. The minimum absolute atomic E-state index is 0.244. The van der Waals surface area contributed by atoms with E-state index in [-0.39, 0.29) is 16.8 Å². The summed E-state index contributed by atoms with van der Waals surface area (Å²) in [7, 11) is 1.39. The van der Waals surface area contributed by atoms with E-state index < -0.39 is 11.8 Å². The predicted molar refractivity (Wildman–Crippen MR) is 119 cm³/mol. The Kier molecular flexibility index (Phi) is 8.23. The Balaban J connectivity index is 3.40. The lowest BCUT2D eigenvalue weighted by Gasteiger charge is -2.30. The van der Waals surface area contributed by atoms with Crippen molar-refractivity contribution in [2.24, 2.45) is 0 Å². The standard InChI is InChI=1S/C23H36O5S/c1-21(2,3)16-11-15(13-29-14-18(24)26-10)12-17(22(4,5)6)19(16)27-20(25)28-23(7,8)9/h11-12H,13-14H2,1-10H3. The third kappa shape index (κ3) is 8.29. The molecule has 164 valence electrons. The Morgan fingerprint density at radius 2 is 1.38 bits per heavy atom. The molecular weight excluding hydrogens is 388 g/mol. The highest BCUT2D eigenvalue weighted by Crippen LogP contribution is 2.41. The van der Waals surface area contributed by atoms with Gasteiger partial charge in [-0.1, -0.05) is 53.7 Å². The third-order valence-electron chi connectivity index (χ3n) is 4.06. The van der Waals surface area contributed by atoms with Crippen LogP contribution in [-0.2, 0) is 30.9 Å². The summed E-state index contributed by atoms with van der Waals surface area (Å²) in [4.78, 5) is 23.9. The van der Waals surface area contributed by atoms with E-state index in [0.29, 0.717) is 17.3 Å². The third-order valence-corrected chi connectivity index (χ3v) is 5.03. The Morgan fingerprint density at radius 3 is 1.76 bits per heavy atom. The summed E-state index contributed by atoms with van der Waals surface area (Å²) in [5.74, 6) is 1.27. The molecule has 6 heteroatoms. The topological polar surface area (TPSA) is 61.8 Å². The average Bonchev–Trinajstić information content (AvgIpc) is 2.51. The molecule has 0 bridgehead atoms. The molecule has 0 radical (unpaired) electrons. The van der Waals surface area contributed by atoms with E-state index in [1.54, 1.807) is 0 Å². The van der Waals surface area contributed by atoms with Crippen LogP contribution in [0.3, 0.4) is 0 Å². The van der Waals surface area contributed by atoms with Gasteiger partial charge in [0.2, 0.25) is 0 Å². The van der Waals surface area contributed by atoms with E-state index in [2.05, 4.69) is 53.7 Å². The van der Waals surface area contributed by atoms with Crippen molar-refractivity contribution in [3.63, 3.8) is 0 Å². The Labute approximate surface area is 179 Å². The average molecular weight is 425 g/mol. The molecule has 0 aliphatic carbocycles. The van der Waals surface area contributed by atoms with E-state index in [0.717, 1.165) is 16.7 Å². The summed E-state index contributed by atoms with van der Waals surface area (Å²) in [6.45, 7) is 17.9. The lowest BCUT2D eigenvalue weighted by Crippen LogP contribution is -2.28. The van der Waals surface area contributed by atoms with Gasteiger partial charge in [0, 0.05) is 16.9 Å². The van der Waals surface area contributed by atoms with Gasteiger partial charge in [0.1, 0.15) is 11.4 Å². The van der Waals surface area contributed by atoms with Crippen LogP contribution in [0.15, 0.2) is 12.1 Å². The van der Waals surface area contributed by atoms with Crippen LogP contribution < -0.4 is 4.74 Å². The van der Waals surface area contributed by atoms with Crippen LogP contribution in [0.25, 0.3) is 0 Å². The lowest BCUT2D eigenvalue weighted by atomic mass is 9.78. The molecule has 0 spiro atoms. The first-order valence-corrected chi connectivity index (χ1v) is 10.9. The summed E-state index contributed by atoms with van der Waals surface area (Å²) in [5.41, 5.74) is 1.81. The van der Waals surface area contributed by atoms with Gasteiger partial charge in [-0.25, -0.2) is 4.79 Å². The maximum Gasteiger partial charge on any atom is 0.514 e. The monoisotopic (exact) mass is 424 g/mol. The van der Waals surface area contributed by atoms with Crippen molar-refractivity contribution in [2.75, 3.05) is 12.9 Å². The van der Waals surface area contributed by atoms with Crippen molar-refractivity contribution >= 4 is 23.9 Å². The van der Waals surface area contributed by atoms with E-state index >= 15 is 0 Å². The quantitative estimate of drug-likeness (QED) is 0.427. The van der Waals surface area contributed by atoms with E-state index in [9.17, 15) is 9.59 Å². The van der Waals surface area contributed by atoms with Crippen LogP contribution in [0.2, 0.25) is 0 Å². The van der Waals surface area contributed by atoms with Gasteiger partial charge in [-0.05, 0) is 37.2 Å². The fourth-order valence-corrected chi connectivity index (χ4v) is 3.45. The molecule has 0 unspecified atom stereocenters. The normalized spacial score (nSPS) is 12.5.